The Hall–Kier alpha value is -2.00. The van der Waals surface area contributed by atoms with Crippen LogP contribution in [0.3, 0.4) is 0 Å². The van der Waals surface area contributed by atoms with Crippen LogP contribution in [-0.2, 0) is 9.47 Å². The summed E-state index contributed by atoms with van der Waals surface area (Å²) in [5.41, 5.74) is -0.0888. The summed E-state index contributed by atoms with van der Waals surface area (Å²) in [4.78, 5) is 4.19. The molecular formula is C40H56F2N2O4S. The number of ether oxygens (including phenoxy) is 2. The third-order valence-electron chi connectivity index (χ3n) is 13.6. The number of aromatic nitrogens is 2. The zero-order chi connectivity index (χ0) is 35.2. The first kappa shape index (κ1) is 35.4. The summed E-state index contributed by atoms with van der Waals surface area (Å²) in [6.07, 6.45) is 9.30. The lowest BCUT2D eigenvalue weighted by Crippen LogP contribution is -2.61. The Morgan fingerprint density at radius 2 is 1.61 bits per heavy atom. The average molecular weight is 699 g/mol. The first-order chi connectivity index (χ1) is 23.0. The summed E-state index contributed by atoms with van der Waals surface area (Å²) in [5, 5.41) is 28.1. The van der Waals surface area contributed by atoms with Crippen LogP contribution in [0.5, 0.6) is 0 Å². The van der Waals surface area contributed by atoms with Gasteiger partial charge < -0.3 is 24.3 Å². The molecule has 1 saturated heterocycles. The van der Waals surface area contributed by atoms with Crippen molar-refractivity contribution < 1.29 is 28.5 Å². The van der Waals surface area contributed by atoms with E-state index in [2.05, 4.69) is 34.4 Å². The third kappa shape index (κ3) is 5.19. The summed E-state index contributed by atoms with van der Waals surface area (Å²) in [6.45, 7) is 15.3. The smallest absolute Gasteiger partial charge is 0.334 e. The molecule has 4 fully saturated rings. The van der Waals surface area contributed by atoms with Gasteiger partial charge in [0.05, 0.1) is 25.1 Å². The molecule has 270 valence electrons. The molecular weight excluding hydrogens is 643 g/mol. The van der Waals surface area contributed by atoms with E-state index in [1.54, 1.807) is 12.5 Å². The Labute approximate surface area is 292 Å². The van der Waals surface area contributed by atoms with Crippen LogP contribution in [0, 0.1) is 22.4 Å². The number of imidazole rings is 1. The molecule has 1 spiro atoms. The molecule has 4 aliphatic carbocycles. The number of rotatable bonds is 3. The molecule has 1 aromatic carbocycles. The van der Waals surface area contributed by atoms with Crippen LogP contribution in [0.15, 0.2) is 54.1 Å². The molecule has 1 aromatic heterocycles. The van der Waals surface area contributed by atoms with Gasteiger partial charge in [-0.05, 0) is 89.4 Å². The largest absolute Gasteiger partial charge is 0.385 e. The second-order valence-electron chi connectivity index (χ2n) is 16.7. The first-order valence-corrected chi connectivity index (χ1v) is 20.4. The molecule has 49 heavy (non-hydrogen) atoms. The molecule has 0 radical (unpaired) electrons. The molecule has 5 aliphatic rings. The highest BCUT2D eigenvalue weighted by atomic mass is 32.2. The fourth-order valence-corrected chi connectivity index (χ4v) is 16.0. The molecule has 3 saturated carbocycles. The summed E-state index contributed by atoms with van der Waals surface area (Å²) in [6, 6.07) is 8.31. The zero-order valence-corrected chi connectivity index (χ0v) is 31.2. The second-order valence-corrected chi connectivity index (χ2v) is 21.3. The van der Waals surface area contributed by atoms with Crippen molar-refractivity contribution in [2.45, 2.75) is 144 Å². The highest BCUT2D eigenvalue weighted by molar-refractivity contribution is 8.25. The Bertz CT molecular complexity index is 1680. The number of fused-ring (bicyclic) bond motifs is 4. The van der Waals surface area contributed by atoms with Crippen molar-refractivity contribution in [3.63, 3.8) is 0 Å². The van der Waals surface area contributed by atoms with Crippen LogP contribution in [0.4, 0.5) is 8.78 Å². The number of halogens is 2. The van der Waals surface area contributed by atoms with Gasteiger partial charge >= 0.3 is 5.92 Å². The molecule has 2 N–H and O–H groups in total. The lowest BCUT2D eigenvalue weighted by atomic mass is 9.49. The summed E-state index contributed by atoms with van der Waals surface area (Å²) >= 11 is 0. The highest BCUT2D eigenvalue weighted by Crippen LogP contribution is 2.70. The molecule has 0 amide bonds. The maximum absolute atomic E-state index is 17.3. The van der Waals surface area contributed by atoms with Crippen molar-refractivity contribution >= 4 is 9.44 Å². The van der Waals surface area contributed by atoms with E-state index in [1.165, 1.54) is 5.57 Å². The zero-order valence-electron chi connectivity index (χ0n) is 30.3. The number of nitrogens with zero attached hydrogens (tertiary/aromatic N) is 2. The van der Waals surface area contributed by atoms with Crippen LogP contribution >= 0.6 is 9.44 Å². The number of allylic oxidation sites excluding steroid dienone is 1. The van der Waals surface area contributed by atoms with Gasteiger partial charge in [-0.2, -0.15) is 18.2 Å². The number of benzene rings is 1. The van der Waals surface area contributed by atoms with Gasteiger partial charge in [0.1, 0.15) is 5.60 Å². The summed E-state index contributed by atoms with van der Waals surface area (Å²) < 4.78 is 48.8. The molecule has 0 bridgehead atoms. The molecule has 9 heteroatoms. The van der Waals surface area contributed by atoms with Gasteiger partial charge in [0.15, 0.2) is 5.79 Å². The number of alkyl halides is 2. The lowest BCUT2D eigenvalue weighted by molar-refractivity contribution is -0.216. The number of hydrogen-bond donors (Lipinski definition) is 2. The average Bonchev–Trinajstić information content (AvgIpc) is 3.80. The monoisotopic (exact) mass is 698 g/mol. The van der Waals surface area contributed by atoms with E-state index in [9.17, 15) is 10.2 Å². The minimum Gasteiger partial charge on any atom is -0.385 e. The van der Waals surface area contributed by atoms with E-state index in [0.717, 1.165) is 16.8 Å². The number of hydrogen-bond acceptors (Lipinski definition) is 5. The minimum atomic E-state index is -3.49. The summed E-state index contributed by atoms with van der Waals surface area (Å²) in [7, 11) is -2.03. The molecule has 2 aromatic rings. The van der Waals surface area contributed by atoms with Crippen LogP contribution in [0.1, 0.15) is 111 Å². The fraction of sp³-hybridized carbons (Fsp3) is 0.700. The quantitative estimate of drug-likeness (QED) is 0.315. The van der Waals surface area contributed by atoms with Crippen molar-refractivity contribution in [1.29, 1.82) is 0 Å². The SMILES string of the molecule is CC(C)S(#CC(F)(F)[C@]1(O)CCC2C3CC[C@@]4(O)CC5(CCC4=C3C(c3ccc(-n4ccnc4)cc3)C[C@@]21C)OCCO5)(C(C)C)C(C)C. The summed E-state index contributed by atoms with van der Waals surface area (Å²) in [5.74, 6) is -4.60. The van der Waals surface area contributed by atoms with Crippen molar-refractivity contribution in [3.8, 4) is 10.9 Å². The van der Waals surface area contributed by atoms with Crippen molar-refractivity contribution in [2.24, 2.45) is 17.3 Å². The van der Waals surface area contributed by atoms with E-state index in [0.29, 0.717) is 58.2 Å². The number of aliphatic hydroxyl groups is 2. The Kier molecular flexibility index (Phi) is 8.69. The maximum atomic E-state index is 17.3. The predicted octanol–water partition coefficient (Wildman–Crippen LogP) is 8.50. The lowest BCUT2D eigenvalue weighted by Gasteiger charge is -2.58. The fourth-order valence-electron chi connectivity index (χ4n) is 11.4. The van der Waals surface area contributed by atoms with Crippen LogP contribution in [0.2, 0.25) is 0 Å². The molecule has 2 heterocycles. The first-order valence-electron chi connectivity index (χ1n) is 18.5. The van der Waals surface area contributed by atoms with E-state index in [-0.39, 0.29) is 39.9 Å². The van der Waals surface area contributed by atoms with Gasteiger partial charge in [0.25, 0.3) is 0 Å². The van der Waals surface area contributed by atoms with E-state index in [4.69, 9.17) is 9.47 Å². The van der Waals surface area contributed by atoms with Crippen molar-refractivity contribution in [1.82, 2.24) is 9.55 Å². The molecule has 6 nitrogen and oxygen atoms in total. The predicted molar refractivity (Wildman–Crippen MR) is 192 cm³/mol. The second kappa shape index (κ2) is 12.0. The van der Waals surface area contributed by atoms with Gasteiger partial charge in [0, 0.05) is 42.3 Å². The Morgan fingerprint density at radius 3 is 2.20 bits per heavy atom. The van der Waals surface area contributed by atoms with E-state index in [1.807, 2.05) is 59.2 Å². The van der Waals surface area contributed by atoms with E-state index >= 15 is 8.78 Å². The van der Waals surface area contributed by atoms with Gasteiger partial charge in [0.2, 0.25) is 0 Å². The van der Waals surface area contributed by atoms with Crippen molar-refractivity contribution in [2.75, 3.05) is 13.2 Å². The maximum Gasteiger partial charge on any atom is 0.334 e. The van der Waals surface area contributed by atoms with Crippen LogP contribution in [-0.4, -0.2) is 71.6 Å². The van der Waals surface area contributed by atoms with Crippen molar-refractivity contribution in [3.05, 3.63) is 59.7 Å². The Balaban J connectivity index is 1.37. The van der Waals surface area contributed by atoms with Gasteiger partial charge in [-0.15, -0.1) is 0 Å². The molecule has 7 rings (SSSR count). The van der Waals surface area contributed by atoms with Crippen LogP contribution < -0.4 is 0 Å². The minimum absolute atomic E-state index is 0.00552. The topological polar surface area (TPSA) is 76.7 Å². The highest BCUT2D eigenvalue weighted by Gasteiger charge is 2.72. The standard InChI is InChI=1S/C40H56F2N2O4S/c1-26(2)49(27(3)4,28(5)6)24-40(41,42)39(46)17-14-33-31-12-15-37(45)23-38(47-20-21-48-38)16-13-34(37)35(31)32(22-36(33,39)7)29-8-10-30(11-9-29)44-19-18-43-25-44/h8-11,18-19,25-28,31-33,45-46H,12-17,20-23H2,1-7H3/t31?,32?,33?,36-,37+,39-/m0/s1. The normalized spacial score (nSPS) is 34.4. The van der Waals surface area contributed by atoms with E-state index < -0.39 is 37.8 Å². The molecule has 1 aliphatic heterocycles. The Morgan fingerprint density at radius 1 is 0.959 bits per heavy atom. The van der Waals surface area contributed by atoms with Gasteiger partial charge in [-0.25, -0.2) is 4.98 Å². The van der Waals surface area contributed by atoms with Gasteiger partial charge in [-0.3, -0.25) is 0 Å². The molecule has 3 unspecified atom stereocenters. The van der Waals surface area contributed by atoms with Gasteiger partial charge in [-0.1, -0.05) is 71.4 Å². The molecule has 6 atom stereocenters. The van der Waals surface area contributed by atoms with Crippen LogP contribution in [0.25, 0.3) is 5.69 Å². The third-order valence-corrected chi connectivity index (χ3v) is 18.9.